The van der Waals surface area contributed by atoms with E-state index in [9.17, 15) is 13.2 Å². The summed E-state index contributed by atoms with van der Waals surface area (Å²) in [6.45, 7) is 4.22. The molecule has 24 heavy (non-hydrogen) atoms. The van der Waals surface area contributed by atoms with Crippen LogP contribution in [0.4, 0.5) is 0 Å². The second-order valence-electron chi connectivity index (χ2n) is 5.91. The van der Waals surface area contributed by atoms with E-state index in [1.54, 1.807) is 49.1 Å². The minimum Gasteiger partial charge on any atom is -0.334 e. The Morgan fingerprint density at radius 3 is 2.33 bits per heavy atom. The van der Waals surface area contributed by atoms with Crippen LogP contribution >= 0.6 is 0 Å². The summed E-state index contributed by atoms with van der Waals surface area (Å²) >= 11 is 0. The van der Waals surface area contributed by atoms with Gasteiger partial charge >= 0.3 is 0 Å². The van der Waals surface area contributed by atoms with Gasteiger partial charge in [0.2, 0.25) is 10.0 Å². The zero-order valence-corrected chi connectivity index (χ0v) is 14.3. The number of aromatic nitrogens is 3. The summed E-state index contributed by atoms with van der Waals surface area (Å²) < 4.78 is 27.3. The molecule has 0 unspecified atom stereocenters. The predicted octanol–water partition coefficient (Wildman–Crippen LogP) is 0.728. The fraction of sp³-hybridized carbons (Fsp3) is 0.400. The average Bonchev–Trinajstić information content (AvgIpc) is 3.08. The number of piperazine rings is 1. The van der Waals surface area contributed by atoms with Gasteiger partial charge in [-0.05, 0) is 26.0 Å². The van der Waals surface area contributed by atoms with E-state index >= 15 is 0 Å². The van der Waals surface area contributed by atoms with Crippen molar-refractivity contribution in [3.8, 4) is 0 Å². The molecule has 1 saturated heterocycles. The SMILES string of the molecule is C[C@@H]1CN(C(=O)c2cn[nH]n2)C[C@H](C)N1S(=O)(=O)c1ccccc1. The molecule has 9 heteroatoms. The van der Waals surface area contributed by atoms with Crippen molar-refractivity contribution in [3.05, 3.63) is 42.2 Å². The van der Waals surface area contributed by atoms with Crippen LogP contribution in [-0.2, 0) is 10.0 Å². The Hall–Kier alpha value is -2.26. The molecule has 0 spiro atoms. The van der Waals surface area contributed by atoms with Crippen LogP contribution in [0.1, 0.15) is 24.3 Å². The van der Waals surface area contributed by atoms with Gasteiger partial charge < -0.3 is 4.90 Å². The van der Waals surface area contributed by atoms with E-state index in [4.69, 9.17) is 0 Å². The zero-order chi connectivity index (χ0) is 17.3. The Morgan fingerprint density at radius 1 is 1.17 bits per heavy atom. The normalized spacial score (nSPS) is 22.5. The van der Waals surface area contributed by atoms with Gasteiger partial charge in [-0.1, -0.05) is 18.2 Å². The minimum absolute atomic E-state index is 0.230. The lowest BCUT2D eigenvalue weighted by Gasteiger charge is -2.43. The smallest absolute Gasteiger partial charge is 0.276 e. The van der Waals surface area contributed by atoms with Crippen molar-refractivity contribution in [3.63, 3.8) is 0 Å². The van der Waals surface area contributed by atoms with Crippen molar-refractivity contribution in [1.82, 2.24) is 24.6 Å². The van der Waals surface area contributed by atoms with Crippen LogP contribution in [0.25, 0.3) is 0 Å². The number of benzene rings is 1. The summed E-state index contributed by atoms with van der Waals surface area (Å²) in [5, 5.41) is 9.85. The van der Waals surface area contributed by atoms with Gasteiger partial charge in [-0.2, -0.15) is 19.7 Å². The van der Waals surface area contributed by atoms with Crippen LogP contribution in [0.5, 0.6) is 0 Å². The summed E-state index contributed by atoms with van der Waals surface area (Å²) in [6.07, 6.45) is 1.37. The van der Waals surface area contributed by atoms with Gasteiger partial charge in [-0.15, -0.1) is 0 Å². The first-order valence-corrected chi connectivity index (χ1v) is 9.09. The minimum atomic E-state index is -3.60. The molecule has 1 amide bonds. The number of amides is 1. The maximum atomic E-state index is 12.9. The Labute approximate surface area is 140 Å². The quantitative estimate of drug-likeness (QED) is 0.880. The van der Waals surface area contributed by atoms with Gasteiger partial charge in [0, 0.05) is 25.2 Å². The van der Waals surface area contributed by atoms with Gasteiger partial charge in [0.15, 0.2) is 5.69 Å². The highest BCUT2D eigenvalue weighted by atomic mass is 32.2. The Morgan fingerprint density at radius 2 is 1.79 bits per heavy atom. The molecule has 3 rings (SSSR count). The van der Waals surface area contributed by atoms with Gasteiger partial charge in [0.1, 0.15) is 0 Å². The molecule has 0 radical (unpaired) electrons. The standard InChI is InChI=1S/C15H19N5O3S/c1-11-9-19(15(21)14-8-16-18-17-14)10-12(2)20(11)24(22,23)13-6-4-3-5-7-13/h3-8,11-12H,9-10H2,1-2H3,(H,16,17,18)/t11-,12+. The first-order chi connectivity index (χ1) is 11.4. The maximum Gasteiger partial charge on any atom is 0.276 e. The molecule has 0 saturated carbocycles. The van der Waals surface area contributed by atoms with Crippen molar-refractivity contribution in [2.24, 2.45) is 0 Å². The third kappa shape index (κ3) is 2.92. The van der Waals surface area contributed by atoms with Crippen molar-refractivity contribution in [2.75, 3.05) is 13.1 Å². The third-order valence-electron chi connectivity index (χ3n) is 4.08. The van der Waals surface area contributed by atoms with E-state index < -0.39 is 10.0 Å². The molecule has 0 aliphatic carbocycles. The lowest BCUT2D eigenvalue weighted by atomic mass is 10.1. The third-order valence-corrected chi connectivity index (χ3v) is 6.22. The van der Waals surface area contributed by atoms with Crippen LogP contribution < -0.4 is 0 Å². The van der Waals surface area contributed by atoms with Gasteiger partial charge in [-0.25, -0.2) is 8.42 Å². The van der Waals surface area contributed by atoms with Crippen molar-refractivity contribution in [2.45, 2.75) is 30.8 Å². The second-order valence-corrected chi connectivity index (χ2v) is 7.75. The largest absolute Gasteiger partial charge is 0.334 e. The summed E-state index contributed by atoms with van der Waals surface area (Å²) in [5.41, 5.74) is 0.230. The van der Waals surface area contributed by atoms with E-state index in [1.165, 1.54) is 10.5 Å². The highest BCUT2D eigenvalue weighted by Gasteiger charge is 2.40. The lowest BCUT2D eigenvalue weighted by Crippen LogP contribution is -2.59. The molecular formula is C15H19N5O3S. The molecule has 1 aromatic carbocycles. The molecule has 1 aliphatic heterocycles. The highest BCUT2D eigenvalue weighted by Crippen LogP contribution is 2.25. The number of H-pyrrole nitrogens is 1. The number of nitrogens with zero attached hydrogens (tertiary/aromatic N) is 4. The number of aromatic amines is 1. The Balaban J connectivity index is 1.83. The number of nitrogens with one attached hydrogen (secondary N) is 1. The maximum absolute atomic E-state index is 12.9. The molecule has 1 aliphatic rings. The number of hydrogen-bond acceptors (Lipinski definition) is 5. The Kier molecular flexibility index (Phi) is 4.37. The second kappa shape index (κ2) is 6.33. The first kappa shape index (κ1) is 16.6. The fourth-order valence-electron chi connectivity index (χ4n) is 3.13. The highest BCUT2D eigenvalue weighted by molar-refractivity contribution is 7.89. The van der Waals surface area contributed by atoms with Crippen LogP contribution in [0, 0.1) is 0 Å². The zero-order valence-electron chi connectivity index (χ0n) is 13.5. The van der Waals surface area contributed by atoms with Gasteiger partial charge in [0.25, 0.3) is 5.91 Å². The van der Waals surface area contributed by atoms with Gasteiger partial charge in [-0.3, -0.25) is 4.79 Å². The predicted molar refractivity (Wildman–Crippen MR) is 86.7 cm³/mol. The number of hydrogen-bond donors (Lipinski definition) is 1. The molecule has 2 aromatic rings. The molecule has 128 valence electrons. The lowest BCUT2D eigenvalue weighted by molar-refractivity contribution is 0.0548. The molecule has 1 N–H and O–H groups in total. The van der Waals surface area contributed by atoms with Gasteiger partial charge in [0.05, 0.1) is 11.1 Å². The summed E-state index contributed by atoms with van der Waals surface area (Å²) in [4.78, 5) is 14.3. The number of carbonyl (C=O) groups excluding carboxylic acids is 1. The molecule has 2 heterocycles. The fourth-order valence-corrected chi connectivity index (χ4v) is 4.95. The number of rotatable bonds is 3. The van der Waals surface area contributed by atoms with E-state index in [1.807, 2.05) is 0 Å². The van der Waals surface area contributed by atoms with Crippen molar-refractivity contribution in [1.29, 1.82) is 0 Å². The Bertz CT molecular complexity index is 795. The summed E-state index contributed by atoms with van der Waals surface area (Å²) in [7, 11) is -3.60. The first-order valence-electron chi connectivity index (χ1n) is 7.65. The molecule has 0 bridgehead atoms. The van der Waals surface area contributed by atoms with E-state index in [-0.39, 0.29) is 28.6 Å². The summed E-state index contributed by atoms with van der Waals surface area (Å²) in [6, 6.07) is 7.67. The topological polar surface area (TPSA) is 99.3 Å². The van der Waals surface area contributed by atoms with Crippen LogP contribution in [0.3, 0.4) is 0 Å². The molecule has 8 nitrogen and oxygen atoms in total. The van der Waals surface area contributed by atoms with Crippen LogP contribution in [0.2, 0.25) is 0 Å². The molecular weight excluding hydrogens is 330 g/mol. The van der Waals surface area contributed by atoms with E-state index in [0.29, 0.717) is 13.1 Å². The van der Waals surface area contributed by atoms with E-state index in [2.05, 4.69) is 15.4 Å². The van der Waals surface area contributed by atoms with Crippen molar-refractivity contribution >= 4 is 15.9 Å². The van der Waals surface area contributed by atoms with E-state index in [0.717, 1.165) is 0 Å². The molecule has 2 atom stereocenters. The number of carbonyl (C=O) groups is 1. The molecule has 1 fully saturated rings. The van der Waals surface area contributed by atoms with Crippen molar-refractivity contribution < 1.29 is 13.2 Å². The molecule has 1 aromatic heterocycles. The average molecular weight is 349 g/mol. The number of sulfonamides is 1. The van der Waals surface area contributed by atoms with Crippen LogP contribution in [0.15, 0.2) is 41.4 Å². The monoisotopic (exact) mass is 349 g/mol. The summed E-state index contributed by atoms with van der Waals surface area (Å²) in [5.74, 6) is -0.251. The van der Waals surface area contributed by atoms with Crippen LogP contribution in [-0.4, -0.2) is 64.1 Å².